The lowest BCUT2D eigenvalue weighted by Gasteiger charge is -2.03. The van der Waals surface area contributed by atoms with Crippen molar-refractivity contribution < 1.29 is 8.91 Å². The molecule has 6 heteroatoms. The minimum Gasteiger partial charge on any atom is -0.376 e. The molecule has 0 fully saturated rings. The zero-order valence-corrected chi connectivity index (χ0v) is 13.3. The second-order valence-corrected chi connectivity index (χ2v) is 5.45. The Morgan fingerprint density at radius 1 is 1.17 bits per heavy atom. The predicted octanol–water partition coefficient (Wildman–Crippen LogP) is 4.70. The van der Waals surface area contributed by atoms with Crippen LogP contribution in [0.2, 0.25) is 5.02 Å². The van der Waals surface area contributed by atoms with Crippen LogP contribution in [-0.2, 0) is 13.0 Å². The van der Waals surface area contributed by atoms with Crippen LogP contribution < -0.4 is 5.32 Å². The molecule has 2 aromatic carbocycles. The molecular formula is C17H15ClFN3O. The summed E-state index contributed by atoms with van der Waals surface area (Å²) in [7, 11) is 0. The van der Waals surface area contributed by atoms with E-state index in [2.05, 4.69) is 22.4 Å². The lowest BCUT2D eigenvalue weighted by molar-refractivity contribution is 0.384. The number of nitrogens with one attached hydrogen (secondary N) is 1. The third-order valence-corrected chi connectivity index (χ3v) is 3.74. The second kappa shape index (κ2) is 6.79. The molecule has 4 nitrogen and oxygen atoms in total. The molecule has 0 aliphatic rings. The Morgan fingerprint density at radius 3 is 2.65 bits per heavy atom. The molecule has 0 bridgehead atoms. The second-order valence-electron chi connectivity index (χ2n) is 5.04. The third kappa shape index (κ3) is 3.68. The third-order valence-electron chi connectivity index (χ3n) is 3.45. The molecule has 23 heavy (non-hydrogen) atoms. The van der Waals surface area contributed by atoms with Gasteiger partial charge in [0.05, 0.1) is 11.6 Å². The van der Waals surface area contributed by atoms with E-state index in [-0.39, 0.29) is 5.02 Å². The van der Waals surface area contributed by atoms with E-state index in [1.807, 2.05) is 24.3 Å². The summed E-state index contributed by atoms with van der Waals surface area (Å²) < 4.78 is 18.3. The molecule has 3 rings (SSSR count). The Hall–Kier alpha value is -2.40. The lowest BCUT2D eigenvalue weighted by Crippen LogP contribution is -1.99. The number of rotatable bonds is 5. The van der Waals surface area contributed by atoms with Crippen LogP contribution in [0, 0.1) is 5.82 Å². The van der Waals surface area contributed by atoms with Gasteiger partial charge in [-0.2, -0.15) is 4.98 Å². The molecule has 1 heterocycles. The van der Waals surface area contributed by atoms with Gasteiger partial charge in [-0.1, -0.05) is 47.9 Å². The van der Waals surface area contributed by atoms with E-state index >= 15 is 0 Å². The fourth-order valence-corrected chi connectivity index (χ4v) is 2.30. The largest absolute Gasteiger partial charge is 0.376 e. The van der Waals surface area contributed by atoms with Crippen LogP contribution >= 0.6 is 11.6 Å². The van der Waals surface area contributed by atoms with Gasteiger partial charge in [-0.15, -0.1) is 0 Å². The van der Waals surface area contributed by atoms with Crippen molar-refractivity contribution in [3.8, 4) is 11.4 Å². The van der Waals surface area contributed by atoms with Crippen LogP contribution in [0.15, 0.2) is 47.0 Å². The van der Waals surface area contributed by atoms with Crippen molar-refractivity contribution in [1.29, 1.82) is 0 Å². The fourth-order valence-electron chi connectivity index (χ4n) is 2.12. The van der Waals surface area contributed by atoms with Crippen molar-refractivity contribution in [2.24, 2.45) is 0 Å². The number of benzene rings is 2. The van der Waals surface area contributed by atoms with E-state index in [4.69, 9.17) is 16.1 Å². The van der Waals surface area contributed by atoms with Gasteiger partial charge < -0.3 is 9.84 Å². The number of nitrogens with zero attached hydrogens (tertiary/aromatic N) is 2. The van der Waals surface area contributed by atoms with E-state index in [0.717, 1.165) is 12.0 Å². The Kier molecular flexibility index (Phi) is 4.57. The minimum absolute atomic E-state index is 0.0669. The number of halogens is 2. The zero-order chi connectivity index (χ0) is 16.2. The molecule has 1 aromatic heterocycles. The van der Waals surface area contributed by atoms with Crippen molar-refractivity contribution in [1.82, 2.24) is 10.1 Å². The van der Waals surface area contributed by atoms with Gasteiger partial charge in [0, 0.05) is 11.3 Å². The van der Waals surface area contributed by atoms with Crippen LogP contribution in [0.3, 0.4) is 0 Å². The predicted molar refractivity (Wildman–Crippen MR) is 87.8 cm³/mol. The van der Waals surface area contributed by atoms with E-state index in [1.165, 1.54) is 17.7 Å². The van der Waals surface area contributed by atoms with Crippen molar-refractivity contribution in [2.45, 2.75) is 19.9 Å². The van der Waals surface area contributed by atoms with Crippen LogP contribution in [-0.4, -0.2) is 10.1 Å². The molecule has 0 atom stereocenters. The maximum absolute atomic E-state index is 13.1. The van der Waals surface area contributed by atoms with Crippen molar-refractivity contribution in [3.05, 3.63) is 64.8 Å². The molecule has 0 amide bonds. The van der Waals surface area contributed by atoms with Crippen LogP contribution in [0.1, 0.15) is 18.4 Å². The summed E-state index contributed by atoms with van der Waals surface area (Å²) in [6.45, 7) is 2.44. The highest BCUT2D eigenvalue weighted by atomic mass is 35.5. The van der Waals surface area contributed by atoms with Crippen molar-refractivity contribution >= 4 is 17.3 Å². The van der Waals surface area contributed by atoms with Crippen molar-refractivity contribution in [2.75, 3.05) is 5.32 Å². The Balaban J connectivity index is 1.67. The summed E-state index contributed by atoms with van der Waals surface area (Å²) in [4.78, 5) is 4.34. The average Bonchev–Trinajstić information content (AvgIpc) is 3.05. The summed E-state index contributed by atoms with van der Waals surface area (Å²) in [6.07, 6.45) is 0.988. The molecule has 0 saturated carbocycles. The van der Waals surface area contributed by atoms with Gasteiger partial charge in [0.1, 0.15) is 5.82 Å². The number of anilines is 1. The summed E-state index contributed by atoms with van der Waals surface area (Å²) in [6, 6.07) is 12.5. The Labute approximate surface area is 138 Å². The molecule has 0 aliphatic heterocycles. The highest BCUT2D eigenvalue weighted by Gasteiger charge is 2.09. The molecule has 0 spiro atoms. The van der Waals surface area contributed by atoms with Crippen LogP contribution in [0.4, 0.5) is 10.1 Å². The average molecular weight is 332 g/mol. The first-order valence-electron chi connectivity index (χ1n) is 7.26. The van der Waals surface area contributed by atoms with Crippen molar-refractivity contribution in [3.63, 3.8) is 0 Å². The van der Waals surface area contributed by atoms with Gasteiger partial charge in [0.2, 0.25) is 11.7 Å². The van der Waals surface area contributed by atoms with Gasteiger partial charge in [-0.3, -0.25) is 0 Å². The molecule has 0 aliphatic carbocycles. The van der Waals surface area contributed by atoms with Gasteiger partial charge in [-0.25, -0.2) is 4.39 Å². The summed E-state index contributed by atoms with van der Waals surface area (Å²) >= 11 is 5.74. The quantitative estimate of drug-likeness (QED) is 0.736. The maximum Gasteiger partial charge on any atom is 0.246 e. The van der Waals surface area contributed by atoms with Crippen LogP contribution in [0.5, 0.6) is 0 Å². The zero-order valence-electron chi connectivity index (χ0n) is 12.5. The monoisotopic (exact) mass is 331 g/mol. The topological polar surface area (TPSA) is 51.0 Å². The van der Waals surface area contributed by atoms with E-state index in [0.29, 0.717) is 23.9 Å². The highest BCUT2D eigenvalue weighted by molar-refractivity contribution is 6.31. The normalized spacial score (nSPS) is 10.7. The molecule has 3 aromatic rings. The molecule has 0 radical (unpaired) electrons. The van der Waals surface area contributed by atoms with Gasteiger partial charge >= 0.3 is 0 Å². The lowest BCUT2D eigenvalue weighted by atomic mass is 10.1. The Bertz CT molecular complexity index is 802. The molecular weight excluding hydrogens is 317 g/mol. The number of hydrogen-bond acceptors (Lipinski definition) is 4. The molecule has 0 unspecified atom stereocenters. The summed E-state index contributed by atoms with van der Waals surface area (Å²) in [5.41, 5.74) is 2.85. The number of aryl methyl sites for hydroxylation is 1. The number of aromatic nitrogens is 2. The number of hydrogen-bond donors (Lipinski definition) is 1. The van der Waals surface area contributed by atoms with Gasteiger partial charge in [-0.05, 0) is 30.2 Å². The standard InChI is InChI=1S/C17H15ClFN3O/c1-2-11-3-5-12(6-4-11)17-21-16(23-22-17)10-20-13-7-8-15(19)14(18)9-13/h3-9,20H,2,10H2,1H3. The SMILES string of the molecule is CCc1ccc(-c2noc(CNc3ccc(F)c(Cl)c3)n2)cc1. The van der Waals surface area contributed by atoms with E-state index in [1.54, 1.807) is 6.07 Å². The molecule has 118 valence electrons. The first-order valence-corrected chi connectivity index (χ1v) is 7.64. The van der Waals surface area contributed by atoms with Gasteiger partial charge in [0.15, 0.2) is 0 Å². The van der Waals surface area contributed by atoms with Gasteiger partial charge in [0.25, 0.3) is 0 Å². The minimum atomic E-state index is -0.451. The fraction of sp³-hybridized carbons (Fsp3) is 0.176. The van der Waals surface area contributed by atoms with Crippen LogP contribution in [0.25, 0.3) is 11.4 Å². The smallest absolute Gasteiger partial charge is 0.246 e. The first-order chi connectivity index (χ1) is 11.2. The molecule has 0 saturated heterocycles. The summed E-state index contributed by atoms with van der Waals surface area (Å²) in [5.74, 6) is 0.537. The van der Waals surface area contributed by atoms with E-state index < -0.39 is 5.82 Å². The summed E-state index contributed by atoms with van der Waals surface area (Å²) in [5, 5.41) is 7.11. The first kappa shape index (κ1) is 15.5. The Morgan fingerprint density at radius 2 is 1.96 bits per heavy atom. The maximum atomic E-state index is 13.1. The van der Waals surface area contributed by atoms with E-state index in [9.17, 15) is 4.39 Å². The molecule has 1 N–H and O–H groups in total. The highest BCUT2D eigenvalue weighted by Crippen LogP contribution is 2.20.